The summed E-state index contributed by atoms with van der Waals surface area (Å²) in [5, 5.41) is 0.616. The smallest absolute Gasteiger partial charge is 0.241 e. The lowest BCUT2D eigenvalue weighted by Crippen LogP contribution is -2.13. The van der Waals surface area contributed by atoms with Gasteiger partial charge >= 0.3 is 0 Å². The summed E-state index contributed by atoms with van der Waals surface area (Å²) in [5.74, 6) is 0. The largest absolute Gasteiger partial charge is 0.268 e. The van der Waals surface area contributed by atoms with Crippen molar-refractivity contribution in [3.63, 3.8) is 0 Å². The van der Waals surface area contributed by atoms with Gasteiger partial charge in [-0.15, -0.1) is 0 Å². The van der Waals surface area contributed by atoms with E-state index in [0.717, 1.165) is 16.7 Å². The van der Waals surface area contributed by atoms with Crippen molar-refractivity contribution < 1.29 is 8.42 Å². The van der Waals surface area contributed by atoms with E-state index in [1.807, 2.05) is 32.0 Å². The van der Waals surface area contributed by atoms with E-state index in [9.17, 15) is 8.42 Å². The van der Waals surface area contributed by atoms with Crippen LogP contribution in [0, 0.1) is 13.8 Å². The molecule has 0 aliphatic rings. The average Bonchev–Trinajstić information content (AvgIpc) is 2.91. The van der Waals surface area contributed by atoms with Gasteiger partial charge in [-0.1, -0.05) is 41.4 Å². The lowest BCUT2D eigenvalue weighted by molar-refractivity contribution is 0.588. The topological polar surface area (TPSA) is 39.1 Å². The number of hydrogen-bond acceptors (Lipinski definition) is 2. The molecule has 0 amide bonds. The Hall–Kier alpha value is -2.04. The third kappa shape index (κ3) is 3.05. The Labute approximate surface area is 141 Å². The van der Waals surface area contributed by atoms with Crippen LogP contribution in [0.2, 0.25) is 5.02 Å². The van der Waals surface area contributed by atoms with Gasteiger partial charge in [-0.2, -0.15) is 0 Å². The standard InChI is InChI=1S/C18H16ClNO2S/c1-13-3-9-17(10-4-13)23(21,22)20-12-14(2)11-18(20)15-5-7-16(19)8-6-15/h3-12H,1-2H3. The lowest BCUT2D eigenvalue weighted by Gasteiger charge is -2.11. The molecular weight excluding hydrogens is 330 g/mol. The van der Waals surface area contributed by atoms with Crippen LogP contribution >= 0.6 is 11.6 Å². The van der Waals surface area contributed by atoms with Crippen LogP contribution in [0.1, 0.15) is 11.1 Å². The zero-order valence-electron chi connectivity index (χ0n) is 12.8. The van der Waals surface area contributed by atoms with Crippen molar-refractivity contribution in [3.8, 4) is 11.3 Å². The molecule has 3 aromatic rings. The third-order valence-corrected chi connectivity index (χ3v) is 5.58. The summed E-state index contributed by atoms with van der Waals surface area (Å²) in [4.78, 5) is 0.272. The van der Waals surface area contributed by atoms with Crippen LogP contribution in [0.3, 0.4) is 0 Å². The van der Waals surface area contributed by atoms with Crippen molar-refractivity contribution in [2.45, 2.75) is 18.7 Å². The molecule has 0 radical (unpaired) electrons. The average molecular weight is 346 g/mol. The molecule has 1 heterocycles. The number of rotatable bonds is 3. The second kappa shape index (κ2) is 5.87. The first-order valence-corrected chi connectivity index (χ1v) is 8.97. The van der Waals surface area contributed by atoms with Crippen LogP contribution in [0.5, 0.6) is 0 Å². The highest BCUT2D eigenvalue weighted by Crippen LogP contribution is 2.28. The van der Waals surface area contributed by atoms with Gasteiger partial charge in [0.2, 0.25) is 0 Å². The lowest BCUT2D eigenvalue weighted by atomic mass is 10.1. The highest BCUT2D eigenvalue weighted by Gasteiger charge is 2.21. The van der Waals surface area contributed by atoms with Gasteiger partial charge in [-0.05, 0) is 55.3 Å². The van der Waals surface area contributed by atoms with Crippen LogP contribution in [-0.2, 0) is 10.0 Å². The Morgan fingerprint density at radius 3 is 2.09 bits per heavy atom. The fourth-order valence-corrected chi connectivity index (χ4v) is 3.98. The maximum atomic E-state index is 13.0. The van der Waals surface area contributed by atoms with Crippen molar-refractivity contribution >= 4 is 21.6 Å². The summed E-state index contributed by atoms with van der Waals surface area (Å²) in [5.41, 5.74) is 3.33. The second-order valence-corrected chi connectivity index (χ2v) is 7.77. The van der Waals surface area contributed by atoms with Gasteiger partial charge in [-0.25, -0.2) is 12.4 Å². The number of benzene rings is 2. The van der Waals surface area contributed by atoms with Crippen molar-refractivity contribution in [1.29, 1.82) is 0 Å². The van der Waals surface area contributed by atoms with E-state index in [1.165, 1.54) is 3.97 Å². The van der Waals surface area contributed by atoms with Crippen LogP contribution in [0.4, 0.5) is 0 Å². The van der Waals surface area contributed by atoms with Gasteiger partial charge in [0, 0.05) is 11.2 Å². The Balaban J connectivity index is 2.16. The molecule has 0 N–H and O–H groups in total. The summed E-state index contributed by atoms with van der Waals surface area (Å²) in [6, 6.07) is 15.9. The molecule has 0 aliphatic heterocycles. The molecule has 1 aromatic heterocycles. The van der Waals surface area contributed by atoms with Crippen molar-refractivity contribution in [2.24, 2.45) is 0 Å². The molecule has 0 spiro atoms. The number of aromatic nitrogens is 1. The van der Waals surface area contributed by atoms with E-state index in [0.29, 0.717) is 10.7 Å². The Kier molecular flexibility index (Phi) is 4.04. The zero-order chi connectivity index (χ0) is 16.6. The summed E-state index contributed by atoms with van der Waals surface area (Å²) in [6.07, 6.45) is 1.64. The van der Waals surface area contributed by atoms with Gasteiger partial charge in [0.25, 0.3) is 10.0 Å². The normalized spacial score (nSPS) is 11.6. The number of halogens is 1. The third-order valence-electron chi connectivity index (χ3n) is 3.64. The highest BCUT2D eigenvalue weighted by molar-refractivity contribution is 7.90. The van der Waals surface area contributed by atoms with E-state index in [-0.39, 0.29) is 4.90 Å². The predicted molar refractivity (Wildman–Crippen MR) is 93.4 cm³/mol. The number of nitrogens with zero attached hydrogens (tertiary/aromatic N) is 1. The van der Waals surface area contributed by atoms with Crippen LogP contribution < -0.4 is 0 Å². The molecule has 0 saturated carbocycles. The van der Waals surface area contributed by atoms with Gasteiger partial charge < -0.3 is 0 Å². The van der Waals surface area contributed by atoms with Gasteiger partial charge in [0.05, 0.1) is 10.6 Å². The monoisotopic (exact) mass is 345 g/mol. The van der Waals surface area contributed by atoms with Crippen LogP contribution in [-0.4, -0.2) is 12.4 Å². The summed E-state index contributed by atoms with van der Waals surface area (Å²) in [7, 11) is -3.64. The maximum absolute atomic E-state index is 13.0. The molecule has 0 saturated heterocycles. The molecule has 0 bridgehead atoms. The summed E-state index contributed by atoms with van der Waals surface area (Å²) < 4.78 is 27.2. The highest BCUT2D eigenvalue weighted by atomic mass is 35.5. The Morgan fingerprint density at radius 2 is 1.48 bits per heavy atom. The first-order valence-electron chi connectivity index (χ1n) is 7.15. The molecule has 3 nitrogen and oxygen atoms in total. The summed E-state index contributed by atoms with van der Waals surface area (Å²) >= 11 is 5.92. The van der Waals surface area contributed by atoms with Crippen molar-refractivity contribution in [1.82, 2.24) is 3.97 Å². The first-order chi connectivity index (χ1) is 10.9. The minimum Gasteiger partial charge on any atom is -0.241 e. The van der Waals surface area contributed by atoms with E-state index in [2.05, 4.69) is 0 Å². The van der Waals surface area contributed by atoms with Gasteiger partial charge in [0.1, 0.15) is 0 Å². The van der Waals surface area contributed by atoms with Crippen molar-refractivity contribution in [3.05, 3.63) is 76.9 Å². The van der Waals surface area contributed by atoms with Crippen LogP contribution in [0.25, 0.3) is 11.3 Å². The maximum Gasteiger partial charge on any atom is 0.268 e. The van der Waals surface area contributed by atoms with E-state index in [1.54, 1.807) is 42.6 Å². The Bertz CT molecular complexity index is 940. The predicted octanol–water partition coefficient (Wildman–Crippen LogP) is 4.66. The minimum atomic E-state index is -3.64. The number of aryl methyl sites for hydroxylation is 2. The van der Waals surface area contributed by atoms with Crippen molar-refractivity contribution in [2.75, 3.05) is 0 Å². The molecule has 0 fully saturated rings. The molecule has 0 aliphatic carbocycles. The SMILES string of the molecule is Cc1ccc(S(=O)(=O)n2cc(C)cc2-c2ccc(Cl)cc2)cc1. The molecule has 3 rings (SSSR count). The zero-order valence-corrected chi connectivity index (χ0v) is 14.4. The van der Waals surface area contributed by atoms with Gasteiger partial charge in [0.15, 0.2) is 0 Å². The van der Waals surface area contributed by atoms with E-state index < -0.39 is 10.0 Å². The molecule has 5 heteroatoms. The second-order valence-electron chi connectivity index (χ2n) is 5.52. The summed E-state index contributed by atoms with van der Waals surface area (Å²) in [6.45, 7) is 3.80. The van der Waals surface area contributed by atoms with E-state index >= 15 is 0 Å². The molecule has 118 valence electrons. The Morgan fingerprint density at radius 1 is 0.870 bits per heavy atom. The molecule has 2 aromatic carbocycles. The fraction of sp³-hybridized carbons (Fsp3) is 0.111. The first kappa shape index (κ1) is 15.8. The fourth-order valence-electron chi connectivity index (χ4n) is 2.42. The van der Waals surface area contributed by atoms with Gasteiger partial charge in [-0.3, -0.25) is 0 Å². The number of hydrogen-bond donors (Lipinski definition) is 0. The van der Waals surface area contributed by atoms with E-state index in [4.69, 9.17) is 11.6 Å². The molecule has 23 heavy (non-hydrogen) atoms. The minimum absolute atomic E-state index is 0.272. The van der Waals surface area contributed by atoms with Crippen LogP contribution in [0.15, 0.2) is 65.7 Å². The molecular formula is C18H16ClNO2S. The quantitative estimate of drug-likeness (QED) is 0.692. The molecule has 0 unspecified atom stereocenters. The molecule has 0 atom stereocenters.